The van der Waals surface area contributed by atoms with Crippen molar-refractivity contribution < 1.29 is 4.42 Å². The molecule has 0 radical (unpaired) electrons. The van der Waals surface area contributed by atoms with Crippen LogP contribution in [0, 0.1) is 13.8 Å². The Morgan fingerprint density at radius 2 is 1.90 bits per heavy atom. The topological polar surface area (TPSA) is 56.7 Å². The molecule has 0 aliphatic heterocycles. The molecular formula is C15H15ClN4O. The fraction of sp³-hybridized carbons (Fsp3) is 0.267. The van der Waals surface area contributed by atoms with Crippen molar-refractivity contribution in [3.63, 3.8) is 0 Å². The first-order valence-electron chi connectivity index (χ1n) is 6.72. The molecule has 0 aliphatic carbocycles. The Kier molecular flexibility index (Phi) is 3.75. The number of aryl methyl sites for hydroxylation is 3. The lowest BCUT2D eigenvalue weighted by atomic mass is 10.2. The Labute approximate surface area is 127 Å². The van der Waals surface area contributed by atoms with Crippen molar-refractivity contribution in [2.45, 2.75) is 26.8 Å². The zero-order chi connectivity index (χ0) is 14.8. The SMILES string of the molecule is Cc1nn(CCc2nnc(-c3ccccc3)o2)c(C)c1Cl. The average Bonchev–Trinajstić information content (AvgIpc) is 3.07. The standard InChI is InChI=1S/C15H15ClN4O/c1-10-14(16)11(2)20(19-10)9-8-13-17-18-15(21-13)12-6-4-3-5-7-12/h3-7H,8-9H2,1-2H3. The first kappa shape index (κ1) is 13.8. The monoisotopic (exact) mass is 302 g/mol. The summed E-state index contributed by atoms with van der Waals surface area (Å²) in [6.45, 7) is 4.51. The van der Waals surface area contributed by atoms with Gasteiger partial charge in [0.25, 0.3) is 0 Å². The molecule has 2 heterocycles. The quantitative estimate of drug-likeness (QED) is 0.740. The average molecular weight is 303 g/mol. The Morgan fingerprint density at radius 3 is 2.57 bits per heavy atom. The van der Waals surface area contributed by atoms with E-state index in [1.165, 1.54) is 0 Å². The maximum absolute atomic E-state index is 6.13. The maximum Gasteiger partial charge on any atom is 0.247 e. The van der Waals surface area contributed by atoms with Crippen LogP contribution in [0.1, 0.15) is 17.3 Å². The van der Waals surface area contributed by atoms with E-state index < -0.39 is 0 Å². The molecule has 2 aromatic heterocycles. The summed E-state index contributed by atoms with van der Waals surface area (Å²) in [6.07, 6.45) is 0.623. The van der Waals surface area contributed by atoms with Gasteiger partial charge in [-0.25, -0.2) is 0 Å². The van der Waals surface area contributed by atoms with Crippen LogP contribution < -0.4 is 0 Å². The largest absolute Gasteiger partial charge is 0.421 e. The van der Waals surface area contributed by atoms with Crippen LogP contribution >= 0.6 is 11.6 Å². The van der Waals surface area contributed by atoms with Crippen LogP contribution in [0.4, 0.5) is 0 Å². The predicted octanol–water partition coefficient (Wildman–Crippen LogP) is 3.45. The summed E-state index contributed by atoms with van der Waals surface area (Å²) < 4.78 is 7.54. The molecular weight excluding hydrogens is 288 g/mol. The lowest BCUT2D eigenvalue weighted by molar-refractivity contribution is 0.471. The number of benzene rings is 1. The number of aromatic nitrogens is 4. The summed E-state index contributed by atoms with van der Waals surface area (Å²) in [5.41, 5.74) is 2.71. The van der Waals surface area contributed by atoms with E-state index in [9.17, 15) is 0 Å². The number of halogens is 1. The third kappa shape index (κ3) is 2.83. The van der Waals surface area contributed by atoms with Gasteiger partial charge in [0.1, 0.15) is 0 Å². The van der Waals surface area contributed by atoms with E-state index in [2.05, 4.69) is 15.3 Å². The predicted molar refractivity (Wildman–Crippen MR) is 80.1 cm³/mol. The summed E-state index contributed by atoms with van der Waals surface area (Å²) in [5, 5.41) is 13.2. The molecule has 108 valence electrons. The van der Waals surface area contributed by atoms with Gasteiger partial charge in [-0.15, -0.1) is 10.2 Å². The van der Waals surface area contributed by atoms with Crippen LogP contribution in [-0.2, 0) is 13.0 Å². The van der Waals surface area contributed by atoms with E-state index >= 15 is 0 Å². The molecule has 0 unspecified atom stereocenters. The molecule has 0 fully saturated rings. The molecule has 6 heteroatoms. The minimum atomic E-state index is 0.539. The molecule has 1 aromatic carbocycles. The maximum atomic E-state index is 6.13. The van der Waals surface area contributed by atoms with Crippen molar-refractivity contribution in [1.29, 1.82) is 0 Å². The molecule has 0 atom stereocenters. The molecule has 21 heavy (non-hydrogen) atoms. The van der Waals surface area contributed by atoms with Gasteiger partial charge in [-0.3, -0.25) is 4.68 Å². The third-order valence-corrected chi connectivity index (χ3v) is 3.87. The third-order valence-electron chi connectivity index (χ3n) is 3.32. The lowest BCUT2D eigenvalue weighted by Crippen LogP contribution is -2.05. The van der Waals surface area contributed by atoms with Crippen LogP contribution in [0.5, 0.6) is 0 Å². The number of rotatable bonds is 4. The number of hydrogen-bond donors (Lipinski definition) is 0. The summed E-state index contributed by atoms with van der Waals surface area (Å²) in [7, 11) is 0. The zero-order valence-electron chi connectivity index (χ0n) is 11.9. The molecule has 0 spiro atoms. The van der Waals surface area contributed by atoms with E-state index in [1.807, 2.05) is 48.9 Å². The summed E-state index contributed by atoms with van der Waals surface area (Å²) in [6, 6.07) is 9.72. The van der Waals surface area contributed by atoms with Gasteiger partial charge in [-0.2, -0.15) is 5.10 Å². The second kappa shape index (κ2) is 5.69. The second-order valence-corrected chi connectivity index (χ2v) is 5.20. The lowest BCUT2D eigenvalue weighted by Gasteiger charge is -2.01. The van der Waals surface area contributed by atoms with Crippen molar-refractivity contribution >= 4 is 11.6 Å². The van der Waals surface area contributed by atoms with Gasteiger partial charge < -0.3 is 4.42 Å². The highest BCUT2D eigenvalue weighted by Crippen LogP contribution is 2.20. The first-order valence-corrected chi connectivity index (χ1v) is 7.10. The highest BCUT2D eigenvalue weighted by molar-refractivity contribution is 6.31. The fourth-order valence-corrected chi connectivity index (χ4v) is 2.28. The highest BCUT2D eigenvalue weighted by atomic mass is 35.5. The smallest absolute Gasteiger partial charge is 0.247 e. The number of hydrogen-bond acceptors (Lipinski definition) is 4. The van der Waals surface area contributed by atoms with Crippen LogP contribution in [0.3, 0.4) is 0 Å². The van der Waals surface area contributed by atoms with Crippen molar-refractivity contribution in [2.24, 2.45) is 0 Å². The van der Waals surface area contributed by atoms with Crippen LogP contribution in [0.2, 0.25) is 5.02 Å². The van der Waals surface area contributed by atoms with E-state index in [0.717, 1.165) is 17.0 Å². The Hall–Kier alpha value is -2.14. The molecule has 3 rings (SSSR count). The fourth-order valence-electron chi connectivity index (χ4n) is 2.15. The molecule has 0 bridgehead atoms. The summed E-state index contributed by atoms with van der Waals surface area (Å²) in [5.74, 6) is 1.13. The minimum Gasteiger partial charge on any atom is -0.421 e. The van der Waals surface area contributed by atoms with Gasteiger partial charge in [0.15, 0.2) is 0 Å². The molecule has 0 saturated heterocycles. The van der Waals surface area contributed by atoms with E-state index in [1.54, 1.807) is 0 Å². The Bertz CT molecular complexity index is 748. The molecule has 3 aromatic rings. The van der Waals surface area contributed by atoms with E-state index in [-0.39, 0.29) is 0 Å². The van der Waals surface area contributed by atoms with Crippen molar-refractivity contribution in [1.82, 2.24) is 20.0 Å². The van der Waals surface area contributed by atoms with Crippen LogP contribution in [-0.4, -0.2) is 20.0 Å². The minimum absolute atomic E-state index is 0.539. The van der Waals surface area contributed by atoms with E-state index in [4.69, 9.17) is 16.0 Å². The Balaban J connectivity index is 1.72. The van der Waals surface area contributed by atoms with Crippen LogP contribution in [0.15, 0.2) is 34.7 Å². The Morgan fingerprint density at radius 1 is 1.14 bits per heavy atom. The van der Waals surface area contributed by atoms with E-state index in [0.29, 0.717) is 29.8 Å². The molecule has 0 aliphatic rings. The van der Waals surface area contributed by atoms with Gasteiger partial charge in [0.2, 0.25) is 11.8 Å². The molecule has 0 amide bonds. The van der Waals surface area contributed by atoms with Gasteiger partial charge in [-0.05, 0) is 26.0 Å². The zero-order valence-corrected chi connectivity index (χ0v) is 12.6. The highest BCUT2D eigenvalue weighted by Gasteiger charge is 2.11. The normalized spacial score (nSPS) is 11.0. The summed E-state index contributed by atoms with van der Waals surface area (Å²) in [4.78, 5) is 0. The van der Waals surface area contributed by atoms with Crippen LogP contribution in [0.25, 0.3) is 11.5 Å². The van der Waals surface area contributed by atoms with Crippen molar-refractivity contribution in [3.05, 3.63) is 52.6 Å². The van der Waals surface area contributed by atoms with Gasteiger partial charge in [0.05, 0.1) is 16.4 Å². The molecule has 0 saturated carbocycles. The second-order valence-electron chi connectivity index (χ2n) is 4.82. The van der Waals surface area contributed by atoms with Gasteiger partial charge >= 0.3 is 0 Å². The van der Waals surface area contributed by atoms with Crippen molar-refractivity contribution in [2.75, 3.05) is 0 Å². The van der Waals surface area contributed by atoms with Gasteiger partial charge in [0, 0.05) is 18.5 Å². The van der Waals surface area contributed by atoms with Gasteiger partial charge in [-0.1, -0.05) is 29.8 Å². The van der Waals surface area contributed by atoms with Crippen molar-refractivity contribution in [3.8, 4) is 11.5 Å². The number of nitrogens with zero attached hydrogens (tertiary/aromatic N) is 4. The molecule has 0 N–H and O–H groups in total. The summed E-state index contributed by atoms with van der Waals surface area (Å²) >= 11 is 6.13. The first-order chi connectivity index (χ1) is 10.1. The molecule has 5 nitrogen and oxygen atoms in total.